The summed E-state index contributed by atoms with van der Waals surface area (Å²) < 4.78 is 30.6. The molecular weight excluding hydrogens is 392 g/mol. The second-order valence-electron chi connectivity index (χ2n) is 6.60. The number of sulfonamides is 1. The zero-order valence-corrected chi connectivity index (χ0v) is 17.2. The van der Waals surface area contributed by atoms with E-state index in [0.717, 1.165) is 17.5 Å². The predicted molar refractivity (Wildman–Crippen MR) is 111 cm³/mol. The van der Waals surface area contributed by atoms with Crippen molar-refractivity contribution in [1.82, 2.24) is 9.55 Å². The van der Waals surface area contributed by atoms with Crippen molar-refractivity contribution in [3.05, 3.63) is 53.6 Å². The lowest BCUT2D eigenvalue weighted by molar-refractivity contribution is 0.102. The van der Waals surface area contributed by atoms with Crippen molar-refractivity contribution >= 4 is 32.9 Å². The third-order valence-electron chi connectivity index (χ3n) is 4.54. The Morgan fingerprint density at radius 1 is 1.24 bits per heavy atom. The molecular formula is C20H24N4O4S. The number of amides is 1. The zero-order chi connectivity index (χ0) is 21.0. The van der Waals surface area contributed by atoms with Gasteiger partial charge in [0, 0.05) is 25.3 Å². The molecule has 0 atom stereocenters. The van der Waals surface area contributed by atoms with Crippen molar-refractivity contribution in [2.24, 2.45) is 5.14 Å². The van der Waals surface area contributed by atoms with Gasteiger partial charge < -0.3 is 9.30 Å². The van der Waals surface area contributed by atoms with E-state index in [1.54, 1.807) is 13.0 Å². The van der Waals surface area contributed by atoms with Gasteiger partial charge >= 0.3 is 0 Å². The summed E-state index contributed by atoms with van der Waals surface area (Å²) in [5.74, 6) is -0.0533. The van der Waals surface area contributed by atoms with Crippen LogP contribution in [0, 0.1) is 6.92 Å². The van der Waals surface area contributed by atoms with Crippen LogP contribution in [0.2, 0.25) is 0 Å². The molecule has 3 aromatic rings. The summed E-state index contributed by atoms with van der Waals surface area (Å²) in [5, 5.41) is 8.01. The molecule has 154 valence electrons. The summed E-state index contributed by atoms with van der Waals surface area (Å²) in [5.41, 5.74) is 2.52. The molecule has 29 heavy (non-hydrogen) atoms. The second-order valence-corrected chi connectivity index (χ2v) is 8.16. The van der Waals surface area contributed by atoms with E-state index in [1.165, 1.54) is 12.1 Å². The Bertz CT molecular complexity index is 1140. The number of ether oxygens (including phenoxy) is 1. The van der Waals surface area contributed by atoms with Gasteiger partial charge in [0.05, 0.1) is 15.9 Å². The average Bonchev–Trinajstić information content (AvgIpc) is 3.01. The van der Waals surface area contributed by atoms with Gasteiger partial charge in [-0.2, -0.15) is 0 Å². The van der Waals surface area contributed by atoms with E-state index in [2.05, 4.69) is 10.3 Å². The van der Waals surface area contributed by atoms with Gasteiger partial charge in [-0.3, -0.25) is 10.1 Å². The van der Waals surface area contributed by atoms with E-state index >= 15 is 0 Å². The molecule has 8 nitrogen and oxygen atoms in total. The maximum absolute atomic E-state index is 12.9. The molecule has 0 unspecified atom stereocenters. The van der Waals surface area contributed by atoms with Gasteiger partial charge in [-0.05, 0) is 50.1 Å². The smallest absolute Gasteiger partial charge is 0.258 e. The Labute approximate surface area is 169 Å². The first-order valence-electron chi connectivity index (χ1n) is 9.29. The van der Waals surface area contributed by atoms with Crippen molar-refractivity contribution in [2.45, 2.75) is 31.7 Å². The van der Waals surface area contributed by atoms with E-state index in [-0.39, 0.29) is 10.5 Å². The lowest BCUT2D eigenvalue weighted by atomic mass is 10.1. The fourth-order valence-electron chi connectivity index (χ4n) is 3.06. The molecule has 0 saturated carbocycles. The van der Waals surface area contributed by atoms with E-state index in [4.69, 9.17) is 9.88 Å². The van der Waals surface area contributed by atoms with Crippen LogP contribution in [-0.2, 0) is 21.3 Å². The van der Waals surface area contributed by atoms with Crippen LogP contribution in [0.4, 0.5) is 5.95 Å². The molecule has 2 aromatic carbocycles. The highest BCUT2D eigenvalue weighted by Crippen LogP contribution is 2.22. The van der Waals surface area contributed by atoms with Crippen LogP contribution >= 0.6 is 0 Å². The van der Waals surface area contributed by atoms with Crippen molar-refractivity contribution < 1.29 is 17.9 Å². The van der Waals surface area contributed by atoms with Gasteiger partial charge in [-0.15, -0.1) is 0 Å². The fourth-order valence-corrected chi connectivity index (χ4v) is 3.60. The Balaban J connectivity index is 1.92. The number of hydrogen-bond acceptors (Lipinski definition) is 5. The molecule has 1 aromatic heterocycles. The number of nitrogens with one attached hydrogen (secondary N) is 1. The number of fused-ring (bicyclic) bond motifs is 1. The number of benzene rings is 2. The number of anilines is 1. The Hall–Kier alpha value is -2.75. The fraction of sp³-hybridized carbons (Fsp3) is 0.300. The van der Waals surface area contributed by atoms with Crippen molar-refractivity contribution in [1.29, 1.82) is 0 Å². The van der Waals surface area contributed by atoms with Crippen LogP contribution in [0.1, 0.15) is 29.3 Å². The Morgan fingerprint density at radius 3 is 2.72 bits per heavy atom. The van der Waals surface area contributed by atoms with Gasteiger partial charge in [-0.1, -0.05) is 18.2 Å². The standard InChI is InChI=1S/C20H24N4O4S/c1-3-28-12-6-11-24-18-8-5-4-7-17(18)22-20(24)23-19(25)16-13-15(29(21,26)27)10-9-14(16)2/h4-5,7-10,13H,3,6,11-12H2,1-2H3,(H2,21,26,27)(H,22,23,25). The number of imidazole rings is 1. The van der Waals surface area contributed by atoms with Crippen molar-refractivity contribution in [3.63, 3.8) is 0 Å². The van der Waals surface area contributed by atoms with Crippen LogP contribution in [0.25, 0.3) is 11.0 Å². The first kappa shape index (κ1) is 21.0. The zero-order valence-electron chi connectivity index (χ0n) is 16.4. The van der Waals surface area contributed by atoms with Crippen LogP contribution < -0.4 is 10.5 Å². The number of nitrogens with zero attached hydrogens (tertiary/aromatic N) is 2. The molecule has 0 radical (unpaired) electrons. The second kappa shape index (κ2) is 8.73. The topological polar surface area (TPSA) is 116 Å². The first-order valence-corrected chi connectivity index (χ1v) is 10.8. The molecule has 9 heteroatoms. The molecule has 3 N–H and O–H groups in total. The van der Waals surface area contributed by atoms with Gasteiger partial charge in [-0.25, -0.2) is 18.5 Å². The van der Waals surface area contributed by atoms with E-state index < -0.39 is 15.9 Å². The number of primary sulfonamides is 1. The lowest BCUT2D eigenvalue weighted by Gasteiger charge is -2.12. The summed E-state index contributed by atoms with van der Waals surface area (Å²) in [6.45, 7) is 5.54. The molecule has 1 heterocycles. The number of aromatic nitrogens is 2. The van der Waals surface area contributed by atoms with Gasteiger partial charge in [0.15, 0.2) is 0 Å². The monoisotopic (exact) mass is 416 g/mol. The summed E-state index contributed by atoms with van der Waals surface area (Å²) in [4.78, 5) is 17.3. The number of aryl methyl sites for hydroxylation is 2. The molecule has 0 spiro atoms. The highest BCUT2D eigenvalue weighted by Gasteiger charge is 2.18. The van der Waals surface area contributed by atoms with Crippen LogP contribution in [0.15, 0.2) is 47.4 Å². The average molecular weight is 417 g/mol. The molecule has 0 fully saturated rings. The SMILES string of the molecule is CCOCCCn1c(NC(=O)c2cc(S(N)(=O)=O)ccc2C)nc2ccccc21. The molecule has 0 aliphatic carbocycles. The molecule has 0 aliphatic rings. The molecule has 0 bridgehead atoms. The molecule has 0 aliphatic heterocycles. The van der Waals surface area contributed by atoms with Gasteiger partial charge in [0.1, 0.15) is 0 Å². The van der Waals surface area contributed by atoms with Crippen LogP contribution in [-0.4, -0.2) is 37.1 Å². The Morgan fingerprint density at radius 2 is 2.00 bits per heavy atom. The number of nitrogens with two attached hydrogens (primary N) is 1. The maximum Gasteiger partial charge on any atom is 0.258 e. The number of hydrogen-bond donors (Lipinski definition) is 2. The normalized spacial score (nSPS) is 11.7. The number of carbonyl (C=O) groups excluding carboxylic acids is 1. The highest BCUT2D eigenvalue weighted by molar-refractivity contribution is 7.89. The predicted octanol–water partition coefficient (Wildman–Crippen LogP) is 2.67. The Kier molecular flexibility index (Phi) is 6.31. The van der Waals surface area contributed by atoms with E-state index in [1.807, 2.05) is 35.8 Å². The van der Waals surface area contributed by atoms with Gasteiger partial charge in [0.25, 0.3) is 5.91 Å². The quantitative estimate of drug-likeness (QED) is 0.548. The van der Waals surface area contributed by atoms with Crippen LogP contribution in [0.5, 0.6) is 0 Å². The molecule has 0 saturated heterocycles. The molecule has 3 rings (SSSR count). The summed E-state index contributed by atoms with van der Waals surface area (Å²) in [6, 6.07) is 11.8. The van der Waals surface area contributed by atoms with Crippen molar-refractivity contribution in [2.75, 3.05) is 18.5 Å². The maximum atomic E-state index is 12.9. The van der Waals surface area contributed by atoms with E-state index in [0.29, 0.717) is 31.3 Å². The number of para-hydroxylation sites is 2. The minimum atomic E-state index is -3.91. The van der Waals surface area contributed by atoms with Crippen molar-refractivity contribution in [3.8, 4) is 0 Å². The third-order valence-corrected chi connectivity index (χ3v) is 5.45. The lowest BCUT2D eigenvalue weighted by Crippen LogP contribution is -2.19. The summed E-state index contributed by atoms with van der Waals surface area (Å²) >= 11 is 0. The molecule has 1 amide bonds. The largest absolute Gasteiger partial charge is 0.382 e. The number of carbonyl (C=O) groups is 1. The third kappa shape index (κ3) is 4.81. The summed E-state index contributed by atoms with van der Waals surface area (Å²) in [6.07, 6.45) is 0.761. The van der Waals surface area contributed by atoms with Gasteiger partial charge in [0.2, 0.25) is 16.0 Å². The highest BCUT2D eigenvalue weighted by atomic mass is 32.2. The minimum Gasteiger partial charge on any atom is -0.382 e. The number of rotatable bonds is 8. The van der Waals surface area contributed by atoms with E-state index in [9.17, 15) is 13.2 Å². The van der Waals surface area contributed by atoms with Crippen LogP contribution in [0.3, 0.4) is 0 Å². The first-order chi connectivity index (χ1) is 13.8. The summed E-state index contributed by atoms with van der Waals surface area (Å²) in [7, 11) is -3.91. The minimum absolute atomic E-state index is 0.113.